The summed E-state index contributed by atoms with van der Waals surface area (Å²) in [7, 11) is 0. The molecule has 0 aromatic carbocycles. The number of nitrogens with two attached hydrogens (primary N) is 1. The van der Waals surface area contributed by atoms with Crippen molar-refractivity contribution in [2.24, 2.45) is 5.92 Å². The van der Waals surface area contributed by atoms with Crippen LogP contribution >= 0.6 is 11.6 Å². The van der Waals surface area contributed by atoms with Crippen LogP contribution in [0.5, 0.6) is 0 Å². The van der Waals surface area contributed by atoms with Gasteiger partial charge in [0.2, 0.25) is 5.95 Å². The molecule has 0 unspecified atom stereocenters. The Kier molecular flexibility index (Phi) is 8.42. The number of halogens is 1. The molecular formula is C20H35ClN6. The summed E-state index contributed by atoms with van der Waals surface area (Å²) in [6, 6.07) is 2.76. The quantitative estimate of drug-likeness (QED) is 0.378. The van der Waals surface area contributed by atoms with Gasteiger partial charge in [-0.2, -0.15) is 4.98 Å². The summed E-state index contributed by atoms with van der Waals surface area (Å²) in [6.07, 6.45) is 13.0. The van der Waals surface area contributed by atoms with Gasteiger partial charge < -0.3 is 21.7 Å². The van der Waals surface area contributed by atoms with Gasteiger partial charge in [-0.05, 0) is 70.5 Å². The first kappa shape index (κ1) is 20.6. The fourth-order valence-corrected chi connectivity index (χ4v) is 4.52. The van der Waals surface area contributed by atoms with E-state index < -0.39 is 0 Å². The average molecular weight is 395 g/mol. The van der Waals surface area contributed by atoms with Gasteiger partial charge in [0.25, 0.3) is 0 Å². The molecule has 152 valence electrons. The van der Waals surface area contributed by atoms with E-state index >= 15 is 0 Å². The van der Waals surface area contributed by atoms with Crippen molar-refractivity contribution in [3.8, 4) is 0 Å². The molecule has 0 spiro atoms. The Morgan fingerprint density at radius 1 is 0.963 bits per heavy atom. The molecule has 1 aromatic rings. The molecule has 2 fully saturated rings. The van der Waals surface area contributed by atoms with Crippen LogP contribution in [0.4, 0.5) is 11.8 Å². The summed E-state index contributed by atoms with van der Waals surface area (Å²) in [4.78, 5) is 8.42. The van der Waals surface area contributed by atoms with Crippen LogP contribution in [0.25, 0.3) is 0 Å². The lowest BCUT2D eigenvalue weighted by Gasteiger charge is -2.29. The number of nitrogen functional groups attached to an aromatic ring is 1. The molecule has 2 saturated carbocycles. The van der Waals surface area contributed by atoms with Crippen LogP contribution in [-0.4, -0.2) is 41.7 Å². The Labute approximate surface area is 168 Å². The largest absolute Gasteiger partial charge is 0.383 e. The van der Waals surface area contributed by atoms with Crippen LogP contribution in [0.1, 0.15) is 64.2 Å². The highest BCUT2D eigenvalue weighted by Gasteiger charge is 2.21. The van der Waals surface area contributed by atoms with Crippen LogP contribution in [0.2, 0.25) is 5.15 Å². The third kappa shape index (κ3) is 7.43. The van der Waals surface area contributed by atoms with E-state index in [4.69, 9.17) is 17.3 Å². The molecule has 0 bridgehead atoms. The lowest BCUT2D eigenvalue weighted by Crippen LogP contribution is -2.34. The van der Waals surface area contributed by atoms with Gasteiger partial charge in [-0.1, -0.05) is 30.9 Å². The van der Waals surface area contributed by atoms with Crippen LogP contribution in [0, 0.1) is 5.92 Å². The van der Waals surface area contributed by atoms with Gasteiger partial charge in [0.05, 0.1) is 0 Å². The molecule has 7 heteroatoms. The predicted octanol–water partition coefficient (Wildman–Crippen LogP) is 3.58. The Balaban J connectivity index is 1.23. The summed E-state index contributed by atoms with van der Waals surface area (Å²) < 4.78 is 0. The summed E-state index contributed by atoms with van der Waals surface area (Å²) in [5, 5.41) is 11.1. The summed E-state index contributed by atoms with van der Waals surface area (Å²) in [6.45, 7) is 3.40. The molecule has 0 radical (unpaired) electrons. The highest BCUT2D eigenvalue weighted by Crippen LogP contribution is 2.26. The Morgan fingerprint density at radius 2 is 1.74 bits per heavy atom. The Bertz CT molecular complexity index is 535. The van der Waals surface area contributed by atoms with Crippen LogP contribution in [0.15, 0.2) is 6.07 Å². The topological polar surface area (TPSA) is 87.9 Å². The first-order chi connectivity index (χ1) is 13.2. The molecule has 1 heterocycles. The number of nitrogens with zero attached hydrogens (tertiary/aromatic N) is 2. The zero-order valence-electron chi connectivity index (χ0n) is 16.4. The van der Waals surface area contributed by atoms with Gasteiger partial charge in [0.1, 0.15) is 11.0 Å². The van der Waals surface area contributed by atoms with Crippen molar-refractivity contribution in [1.82, 2.24) is 20.6 Å². The van der Waals surface area contributed by atoms with Crippen molar-refractivity contribution >= 4 is 23.4 Å². The van der Waals surface area contributed by atoms with Crippen molar-refractivity contribution in [3.63, 3.8) is 0 Å². The third-order valence-corrected chi connectivity index (χ3v) is 6.09. The van der Waals surface area contributed by atoms with E-state index in [0.717, 1.165) is 44.4 Å². The van der Waals surface area contributed by atoms with E-state index in [0.29, 0.717) is 23.0 Å². The third-order valence-electron chi connectivity index (χ3n) is 5.90. The minimum absolute atomic E-state index is 0.390. The van der Waals surface area contributed by atoms with Gasteiger partial charge in [-0.3, -0.25) is 0 Å². The van der Waals surface area contributed by atoms with Crippen LogP contribution in [0.3, 0.4) is 0 Å². The fraction of sp³-hybridized carbons (Fsp3) is 0.800. The summed E-state index contributed by atoms with van der Waals surface area (Å²) in [5.41, 5.74) is 5.73. The van der Waals surface area contributed by atoms with E-state index in [1.165, 1.54) is 51.4 Å². The zero-order valence-corrected chi connectivity index (χ0v) is 17.1. The monoisotopic (exact) mass is 394 g/mol. The van der Waals surface area contributed by atoms with Crippen molar-refractivity contribution < 1.29 is 0 Å². The highest BCUT2D eigenvalue weighted by molar-refractivity contribution is 6.29. The summed E-state index contributed by atoms with van der Waals surface area (Å²) >= 11 is 5.94. The molecule has 0 amide bonds. The lowest BCUT2D eigenvalue weighted by atomic mass is 9.86. The molecule has 3 rings (SSSR count). The van der Waals surface area contributed by atoms with Gasteiger partial charge in [-0.15, -0.1) is 0 Å². The minimum atomic E-state index is 0.390. The number of aromatic nitrogens is 2. The molecule has 1 aromatic heterocycles. The first-order valence-corrected chi connectivity index (χ1v) is 11.1. The molecular weight excluding hydrogens is 360 g/mol. The second kappa shape index (κ2) is 11.0. The number of anilines is 2. The molecule has 0 atom stereocenters. The summed E-state index contributed by atoms with van der Waals surface area (Å²) in [5.74, 6) is 1.74. The first-order valence-electron chi connectivity index (χ1n) is 10.7. The second-order valence-electron chi connectivity index (χ2n) is 8.15. The maximum absolute atomic E-state index is 5.94. The Hall–Kier alpha value is -1.11. The molecule has 0 aliphatic heterocycles. The second-order valence-corrected chi connectivity index (χ2v) is 8.54. The van der Waals surface area contributed by atoms with E-state index in [9.17, 15) is 0 Å². The lowest BCUT2D eigenvalue weighted by molar-refractivity contribution is 0.322. The standard InChI is InChI=1S/C20H35ClN6/c21-18-13-19(22)27-20(26-18)25-17-9-7-15(8-10-17)14-23-11-4-12-24-16-5-2-1-3-6-16/h13,15-17,23-24H,1-12,14H2,(H3,22,25,26,27). The molecule has 2 aliphatic rings. The van der Waals surface area contributed by atoms with Crippen LogP contribution in [-0.2, 0) is 0 Å². The van der Waals surface area contributed by atoms with E-state index in [2.05, 4.69) is 25.9 Å². The molecule has 0 saturated heterocycles. The van der Waals surface area contributed by atoms with Gasteiger partial charge in [0, 0.05) is 18.2 Å². The number of nitrogens with one attached hydrogen (secondary N) is 3. The maximum atomic E-state index is 5.94. The fourth-order valence-electron chi connectivity index (χ4n) is 4.33. The van der Waals surface area contributed by atoms with Crippen molar-refractivity contribution in [3.05, 3.63) is 11.2 Å². The van der Waals surface area contributed by atoms with E-state index in [1.54, 1.807) is 6.07 Å². The zero-order chi connectivity index (χ0) is 18.9. The predicted molar refractivity (Wildman–Crippen MR) is 113 cm³/mol. The molecule has 2 aliphatic carbocycles. The number of rotatable bonds is 9. The Morgan fingerprint density at radius 3 is 2.48 bits per heavy atom. The normalized spacial score (nSPS) is 24.0. The number of hydrogen-bond donors (Lipinski definition) is 4. The minimum Gasteiger partial charge on any atom is -0.383 e. The average Bonchev–Trinajstić information content (AvgIpc) is 2.66. The van der Waals surface area contributed by atoms with Gasteiger partial charge in [0.15, 0.2) is 0 Å². The van der Waals surface area contributed by atoms with Gasteiger partial charge >= 0.3 is 0 Å². The van der Waals surface area contributed by atoms with Crippen molar-refractivity contribution in [2.45, 2.75) is 76.3 Å². The molecule has 5 N–H and O–H groups in total. The van der Waals surface area contributed by atoms with Gasteiger partial charge in [-0.25, -0.2) is 4.98 Å². The maximum Gasteiger partial charge on any atom is 0.226 e. The van der Waals surface area contributed by atoms with Crippen LogP contribution < -0.4 is 21.7 Å². The molecule has 27 heavy (non-hydrogen) atoms. The van der Waals surface area contributed by atoms with E-state index in [-0.39, 0.29) is 0 Å². The number of hydrogen-bond acceptors (Lipinski definition) is 6. The van der Waals surface area contributed by atoms with E-state index in [1.807, 2.05) is 0 Å². The SMILES string of the molecule is Nc1cc(Cl)nc(NC2CCC(CNCCCNC3CCCCC3)CC2)n1. The smallest absolute Gasteiger partial charge is 0.226 e. The van der Waals surface area contributed by atoms with Crippen molar-refractivity contribution in [2.75, 3.05) is 30.7 Å². The van der Waals surface area contributed by atoms with Crippen molar-refractivity contribution in [1.29, 1.82) is 0 Å². The highest BCUT2D eigenvalue weighted by atomic mass is 35.5. The molecule has 6 nitrogen and oxygen atoms in total.